The van der Waals surface area contributed by atoms with E-state index in [2.05, 4.69) is 0 Å². The average Bonchev–Trinajstić information content (AvgIpc) is 2.78. The van der Waals surface area contributed by atoms with Crippen LogP contribution in [0.2, 0.25) is 5.02 Å². The third-order valence-corrected chi connectivity index (χ3v) is 6.54. The molecule has 0 unspecified atom stereocenters. The van der Waals surface area contributed by atoms with E-state index in [0.717, 1.165) is 31.2 Å². The Balaban J connectivity index is 1.96. The zero-order valence-corrected chi connectivity index (χ0v) is 17.5. The summed E-state index contributed by atoms with van der Waals surface area (Å²) in [6.07, 6.45) is 5.09. The standard InChI is InChI=1S/C24H22ClN3O2/c1-27-19-14-8-6-12-17(19)21(29)20-23(27)26-22(16-11-5-7-13-18(16)25)28(24(20)30)15-9-3-2-4-10-15/h5-8,11-15H,2-4,9-10H2,1H3. The van der Waals surface area contributed by atoms with Crippen molar-refractivity contribution < 1.29 is 0 Å². The quantitative estimate of drug-likeness (QED) is 0.426. The van der Waals surface area contributed by atoms with Crippen LogP contribution in [-0.2, 0) is 7.05 Å². The summed E-state index contributed by atoms with van der Waals surface area (Å²) in [5.41, 5.74) is 1.33. The normalized spacial score (nSPS) is 15.1. The zero-order valence-electron chi connectivity index (χ0n) is 16.8. The molecule has 0 N–H and O–H groups in total. The van der Waals surface area contributed by atoms with Gasteiger partial charge < -0.3 is 4.57 Å². The maximum absolute atomic E-state index is 13.8. The van der Waals surface area contributed by atoms with E-state index in [0.29, 0.717) is 27.4 Å². The summed E-state index contributed by atoms with van der Waals surface area (Å²) in [5, 5.41) is 1.23. The average molecular weight is 420 g/mol. The maximum atomic E-state index is 13.8. The van der Waals surface area contributed by atoms with Crippen molar-refractivity contribution in [3.05, 3.63) is 74.1 Å². The largest absolute Gasteiger partial charge is 0.328 e. The van der Waals surface area contributed by atoms with Gasteiger partial charge in [0.25, 0.3) is 5.56 Å². The zero-order chi connectivity index (χ0) is 20.8. The molecule has 0 spiro atoms. The molecule has 30 heavy (non-hydrogen) atoms. The minimum absolute atomic E-state index is 0.0191. The van der Waals surface area contributed by atoms with Gasteiger partial charge in [-0.25, -0.2) is 4.98 Å². The number of halogens is 1. The first-order valence-electron chi connectivity index (χ1n) is 10.4. The van der Waals surface area contributed by atoms with Crippen LogP contribution in [0.15, 0.2) is 58.1 Å². The first kappa shape index (κ1) is 19.1. The minimum Gasteiger partial charge on any atom is -0.328 e. The van der Waals surface area contributed by atoms with Gasteiger partial charge in [0.1, 0.15) is 11.2 Å². The molecule has 0 aliphatic heterocycles. The lowest BCUT2D eigenvalue weighted by Gasteiger charge is -2.27. The number of hydrogen-bond donors (Lipinski definition) is 0. The molecule has 2 aromatic carbocycles. The Morgan fingerprint density at radius 2 is 1.67 bits per heavy atom. The van der Waals surface area contributed by atoms with Crippen LogP contribution in [0.25, 0.3) is 33.3 Å². The summed E-state index contributed by atoms with van der Waals surface area (Å²) in [4.78, 5) is 32.0. The number of hydrogen-bond acceptors (Lipinski definition) is 3. The summed E-state index contributed by atoms with van der Waals surface area (Å²) in [7, 11) is 1.85. The highest BCUT2D eigenvalue weighted by molar-refractivity contribution is 6.33. The molecule has 2 heterocycles. The van der Waals surface area contributed by atoms with E-state index in [1.165, 1.54) is 6.42 Å². The van der Waals surface area contributed by atoms with Gasteiger partial charge in [-0.1, -0.05) is 55.1 Å². The molecule has 1 saturated carbocycles. The first-order chi connectivity index (χ1) is 14.6. The molecule has 6 heteroatoms. The van der Waals surface area contributed by atoms with Crippen molar-refractivity contribution in [2.24, 2.45) is 7.05 Å². The predicted molar refractivity (Wildman–Crippen MR) is 121 cm³/mol. The second kappa shape index (κ2) is 7.40. The molecule has 2 aromatic heterocycles. The number of rotatable bonds is 2. The van der Waals surface area contributed by atoms with Crippen LogP contribution in [0.5, 0.6) is 0 Å². The summed E-state index contributed by atoms with van der Waals surface area (Å²) in [6, 6.07) is 14.8. The fourth-order valence-electron chi connectivity index (χ4n) is 4.68. The summed E-state index contributed by atoms with van der Waals surface area (Å²) in [6.45, 7) is 0. The van der Waals surface area contributed by atoms with Crippen LogP contribution in [-0.4, -0.2) is 14.1 Å². The number of pyridine rings is 1. The molecule has 4 aromatic rings. The molecule has 0 atom stereocenters. The lowest BCUT2D eigenvalue weighted by Crippen LogP contribution is -2.32. The lowest BCUT2D eigenvalue weighted by molar-refractivity contribution is 0.348. The predicted octanol–water partition coefficient (Wildman–Crippen LogP) is 5.07. The van der Waals surface area contributed by atoms with Crippen molar-refractivity contribution in [1.82, 2.24) is 14.1 Å². The molecule has 0 saturated heterocycles. The lowest BCUT2D eigenvalue weighted by atomic mass is 9.94. The number of aromatic nitrogens is 3. The molecule has 0 radical (unpaired) electrons. The SMILES string of the molecule is Cn1c2ccccc2c(=O)c2c(=O)n(C3CCCCC3)c(-c3ccccc3Cl)nc21. The highest BCUT2D eigenvalue weighted by Gasteiger charge is 2.25. The van der Waals surface area contributed by atoms with E-state index < -0.39 is 0 Å². The molecule has 152 valence electrons. The maximum Gasteiger partial charge on any atom is 0.267 e. The fraction of sp³-hybridized carbons (Fsp3) is 0.292. The van der Waals surface area contributed by atoms with Gasteiger partial charge in [-0.15, -0.1) is 0 Å². The highest BCUT2D eigenvalue weighted by Crippen LogP contribution is 2.33. The molecule has 5 rings (SSSR count). The number of benzene rings is 2. The number of nitrogens with zero attached hydrogens (tertiary/aromatic N) is 3. The van der Waals surface area contributed by atoms with E-state index >= 15 is 0 Å². The van der Waals surface area contributed by atoms with Crippen molar-refractivity contribution in [2.75, 3.05) is 0 Å². The summed E-state index contributed by atoms with van der Waals surface area (Å²) < 4.78 is 3.57. The summed E-state index contributed by atoms with van der Waals surface area (Å²) >= 11 is 6.52. The number of para-hydroxylation sites is 1. The number of aryl methyl sites for hydroxylation is 1. The van der Waals surface area contributed by atoms with Crippen LogP contribution in [0.3, 0.4) is 0 Å². The molecule has 5 nitrogen and oxygen atoms in total. The van der Waals surface area contributed by atoms with Gasteiger partial charge in [-0.05, 0) is 37.1 Å². The molecule has 1 fully saturated rings. The van der Waals surface area contributed by atoms with Crippen molar-refractivity contribution in [2.45, 2.75) is 38.1 Å². The Bertz CT molecular complexity index is 1400. The molecule has 0 amide bonds. The van der Waals surface area contributed by atoms with Gasteiger partial charge >= 0.3 is 0 Å². The van der Waals surface area contributed by atoms with E-state index in [-0.39, 0.29) is 22.4 Å². The third-order valence-electron chi connectivity index (χ3n) is 6.21. The Morgan fingerprint density at radius 3 is 2.43 bits per heavy atom. The van der Waals surface area contributed by atoms with E-state index in [1.54, 1.807) is 16.7 Å². The Labute approximate surface area is 178 Å². The topological polar surface area (TPSA) is 56.9 Å². The van der Waals surface area contributed by atoms with E-state index in [9.17, 15) is 9.59 Å². The Kier molecular flexibility index (Phi) is 4.70. The second-order valence-corrected chi connectivity index (χ2v) is 8.39. The van der Waals surface area contributed by atoms with Crippen molar-refractivity contribution >= 4 is 33.5 Å². The van der Waals surface area contributed by atoms with Gasteiger partial charge in [-0.2, -0.15) is 0 Å². The molecule has 0 bridgehead atoms. The molecule has 1 aliphatic rings. The minimum atomic E-state index is -0.270. The van der Waals surface area contributed by atoms with E-state index in [4.69, 9.17) is 16.6 Å². The number of fused-ring (bicyclic) bond motifs is 2. The monoisotopic (exact) mass is 419 g/mol. The van der Waals surface area contributed by atoms with Crippen molar-refractivity contribution in [3.63, 3.8) is 0 Å². The van der Waals surface area contributed by atoms with Gasteiger partial charge in [0.05, 0.1) is 10.5 Å². The third kappa shape index (κ3) is 2.88. The van der Waals surface area contributed by atoms with Crippen molar-refractivity contribution in [3.8, 4) is 11.4 Å². The second-order valence-electron chi connectivity index (χ2n) is 7.99. The summed E-state index contributed by atoms with van der Waals surface area (Å²) in [5.74, 6) is 0.537. The van der Waals surface area contributed by atoms with Crippen LogP contribution < -0.4 is 11.0 Å². The van der Waals surface area contributed by atoms with E-state index in [1.807, 2.05) is 48.0 Å². The fourth-order valence-corrected chi connectivity index (χ4v) is 4.90. The van der Waals surface area contributed by atoms with Gasteiger partial charge in [0.2, 0.25) is 5.43 Å². The van der Waals surface area contributed by atoms with Crippen LogP contribution in [0, 0.1) is 0 Å². The highest BCUT2D eigenvalue weighted by atomic mass is 35.5. The van der Waals surface area contributed by atoms with Crippen LogP contribution in [0.4, 0.5) is 0 Å². The molecular weight excluding hydrogens is 398 g/mol. The molecule has 1 aliphatic carbocycles. The molecular formula is C24H22ClN3O2. The van der Waals surface area contributed by atoms with Crippen LogP contribution in [0.1, 0.15) is 38.1 Å². The Hall–Kier alpha value is -2.92. The first-order valence-corrected chi connectivity index (χ1v) is 10.7. The van der Waals surface area contributed by atoms with Gasteiger partial charge in [0.15, 0.2) is 5.65 Å². The smallest absolute Gasteiger partial charge is 0.267 e. The van der Waals surface area contributed by atoms with Gasteiger partial charge in [-0.3, -0.25) is 14.2 Å². The van der Waals surface area contributed by atoms with Crippen LogP contribution >= 0.6 is 11.6 Å². The van der Waals surface area contributed by atoms with Crippen molar-refractivity contribution in [1.29, 1.82) is 0 Å². The van der Waals surface area contributed by atoms with Gasteiger partial charge in [0, 0.05) is 24.0 Å². The Morgan fingerprint density at radius 1 is 0.967 bits per heavy atom.